The van der Waals surface area contributed by atoms with Crippen LogP contribution in [0, 0.1) is 6.92 Å². The Balaban J connectivity index is 2.04. The maximum Gasteiger partial charge on any atom is 0.336 e. The van der Waals surface area contributed by atoms with Crippen molar-refractivity contribution in [3.8, 4) is 0 Å². The molecule has 4 amide bonds. The fourth-order valence-electron chi connectivity index (χ4n) is 2.76. The molecule has 24 heavy (non-hydrogen) atoms. The number of rotatable bonds is 3. The topological polar surface area (TPSA) is 87.9 Å². The van der Waals surface area contributed by atoms with E-state index in [0.29, 0.717) is 16.5 Å². The van der Waals surface area contributed by atoms with Crippen molar-refractivity contribution in [3.63, 3.8) is 0 Å². The minimum absolute atomic E-state index is 0.155. The molecule has 1 fully saturated rings. The highest BCUT2D eigenvalue weighted by atomic mass is 16.4. The average Bonchev–Trinajstić information content (AvgIpc) is 2.70. The third-order valence-electron chi connectivity index (χ3n) is 3.91. The lowest BCUT2D eigenvalue weighted by Crippen LogP contribution is -2.38. The largest absolute Gasteiger partial charge is 0.423 e. The third-order valence-corrected chi connectivity index (χ3v) is 3.91. The van der Waals surface area contributed by atoms with Gasteiger partial charge in [0.05, 0.1) is 6.54 Å². The molecule has 1 aliphatic heterocycles. The third kappa shape index (κ3) is 2.47. The lowest BCUT2D eigenvalue weighted by Gasteiger charge is -2.18. The first kappa shape index (κ1) is 15.9. The van der Waals surface area contributed by atoms with Gasteiger partial charge in [-0.05, 0) is 38.0 Å². The molecule has 0 N–H and O–H groups in total. The Labute approximate surface area is 137 Å². The van der Waals surface area contributed by atoms with Gasteiger partial charge in [0, 0.05) is 17.5 Å². The molecule has 1 aromatic heterocycles. The van der Waals surface area contributed by atoms with Crippen molar-refractivity contribution >= 4 is 28.8 Å². The van der Waals surface area contributed by atoms with Gasteiger partial charge in [-0.3, -0.25) is 19.4 Å². The molecule has 124 valence electrons. The van der Waals surface area contributed by atoms with Gasteiger partial charge in [0.15, 0.2) is 0 Å². The average molecular weight is 328 g/mol. The van der Waals surface area contributed by atoms with Crippen LogP contribution in [0.2, 0.25) is 0 Å². The lowest BCUT2D eigenvalue weighted by molar-refractivity contribution is -0.144. The van der Waals surface area contributed by atoms with Gasteiger partial charge < -0.3 is 4.42 Å². The predicted molar refractivity (Wildman–Crippen MR) is 85.1 cm³/mol. The van der Waals surface area contributed by atoms with Crippen LogP contribution in [0.1, 0.15) is 25.0 Å². The van der Waals surface area contributed by atoms with Crippen molar-refractivity contribution in [2.45, 2.75) is 33.4 Å². The van der Waals surface area contributed by atoms with Gasteiger partial charge in [-0.1, -0.05) is 12.1 Å². The van der Waals surface area contributed by atoms with E-state index in [9.17, 15) is 19.2 Å². The van der Waals surface area contributed by atoms with E-state index in [1.165, 1.54) is 6.07 Å². The molecule has 7 heteroatoms. The van der Waals surface area contributed by atoms with Crippen molar-refractivity contribution in [2.75, 3.05) is 0 Å². The lowest BCUT2D eigenvalue weighted by atomic mass is 10.1. The number of carbonyl (C=O) groups is 3. The summed E-state index contributed by atoms with van der Waals surface area (Å²) in [6.45, 7) is 5.01. The van der Waals surface area contributed by atoms with Crippen LogP contribution in [0.25, 0.3) is 11.0 Å². The van der Waals surface area contributed by atoms with Gasteiger partial charge in [0.2, 0.25) is 0 Å². The summed E-state index contributed by atoms with van der Waals surface area (Å²) in [4.78, 5) is 50.0. The van der Waals surface area contributed by atoms with Crippen LogP contribution < -0.4 is 5.63 Å². The number of imide groups is 2. The smallest absolute Gasteiger partial charge is 0.336 e. The Morgan fingerprint density at radius 1 is 1.04 bits per heavy atom. The van der Waals surface area contributed by atoms with Gasteiger partial charge in [0.1, 0.15) is 5.58 Å². The normalized spacial score (nSPS) is 15.2. The molecular formula is C17H16N2O5. The van der Waals surface area contributed by atoms with Crippen LogP contribution in [0.15, 0.2) is 33.5 Å². The zero-order chi connectivity index (χ0) is 17.6. The second-order valence-corrected chi connectivity index (χ2v) is 6.03. The number of carbonyl (C=O) groups excluding carboxylic acids is 3. The molecular weight excluding hydrogens is 312 g/mol. The summed E-state index contributed by atoms with van der Waals surface area (Å²) in [5.41, 5.74) is 1.18. The van der Waals surface area contributed by atoms with Gasteiger partial charge >= 0.3 is 23.5 Å². The zero-order valence-corrected chi connectivity index (χ0v) is 13.5. The number of hydrogen-bond acceptors (Lipinski definition) is 5. The zero-order valence-electron chi connectivity index (χ0n) is 13.5. The molecule has 7 nitrogen and oxygen atoms in total. The molecule has 0 atom stereocenters. The first-order valence-electron chi connectivity index (χ1n) is 7.52. The highest BCUT2D eigenvalue weighted by Gasteiger charge is 2.45. The molecule has 0 bridgehead atoms. The number of fused-ring (bicyclic) bond motifs is 1. The van der Waals surface area contributed by atoms with Crippen LogP contribution >= 0.6 is 0 Å². The molecule has 3 rings (SSSR count). The number of amides is 4. The van der Waals surface area contributed by atoms with Gasteiger partial charge in [0.25, 0.3) is 0 Å². The van der Waals surface area contributed by atoms with Crippen molar-refractivity contribution < 1.29 is 18.8 Å². The van der Waals surface area contributed by atoms with Crippen LogP contribution in [-0.2, 0) is 16.1 Å². The summed E-state index contributed by atoms with van der Waals surface area (Å²) in [6, 6.07) is 5.45. The van der Waals surface area contributed by atoms with Crippen molar-refractivity contribution in [2.24, 2.45) is 0 Å². The van der Waals surface area contributed by atoms with E-state index >= 15 is 0 Å². The fourth-order valence-corrected chi connectivity index (χ4v) is 2.76. The molecule has 0 aliphatic carbocycles. The van der Waals surface area contributed by atoms with Gasteiger partial charge in [-0.25, -0.2) is 9.59 Å². The van der Waals surface area contributed by atoms with Crippen molar-refractivity contribution in [3.05, 3.63) is 45.8 Å². The minimum atomic E-state index is -0.887. The Kier molecular flexibility index (Phi) is 3.71. The molecule has 0 spiro atoms. The standard InChI is InChI=1S/C17H16N2O5/c1-9(2)19-16(22)15(21)18(17(19)23)8-11-7-14(20)24-13-6-10(3)4-5-12(11)13/h4-7,9H,8H2,1-3H3. The maximum absolute atomic E-state index is 12.4. The van der Waals surface area contributed by atoms with E-state index in [-0.39, 0.29) is 6.54 Å². The summed E-state index contributed by atoms with van der Waals surface area (Å²) < 4.78 is 5.16. The number of urea groups is 1. The van der Waals surface area contributed by atoms with E-state index in [2.05, 4.69) is 0 Å². The Morgan fingerprint density at radius 3 is 2.38 bits per heavy atom. The van der Waals surface area contributed by atoms with Crippen molar-refractivity contribution in [1.82, 2.24) is 9.80 Å². The number of hydrogen-bond donors (Lipinski definition) is 0. The molecule has 2 aromatic rings. The molecule has 0 unspecified atom stereocenters. The second-order valence-electron chi connectivity index (χ2n) is 6.03. The van der Waals surface area contributed by atoms with Crippen LogP contribution in [0.3, 0.4) is 0 Å². The number of nitrogens with zero attached hydrogens (tertiary/aromatic N) is 2. The van der Waals surface area contributed by atoms with Gasteiger partial charge in [-0.15, -0.1) is 0 Å². The number of benzene rings is 1. The first-order chi connectivity index (χ1) is 11.3. The van der Waals surface area contributed by atoms with E-state index in [1.807, 2.05) is 13.0 Å². The second kappa shape index (κ2) is 5.59. The molecule has 1 aromatic carbocycles. The summed E-state index contributed by atoms with van der Waals surface area (Å²) in [6.07, 6.45) is 0. The number of aryl methyl sites for hydroxylation is 1. The van der Waals surface area contributed by atoms with Gasteiger partial charge in [-0.2, -0.15) is 0 Å². The monoisotopic (exact) mass is 328 g/mol. The van der Waals surface area contributed by atoms with E-state index < -0.39 is 29.5 Å². The van der Waals surface area contributed by atoms with Crippen LogP contribution in [-0.4, -0.2) is 33.7 Å². The van der Waals surface area contributed by atoms with Crippen LogP contribution in [0.5, 0.6) is 0 Å². The summed E-state index contributed by atoms with van der Waals surface area (Å²) in [7, 11) is 0. The molecule has 1 saturated heterocycles. The molecule has 0 saturated carbocycles. The minimum Gasteiger partial charge on any atom is -0.423 e. The summed E-state index contributed by atoms with van der Waals surface area (Å²) in [5.74, 6) is -1.74. The van der Waals surface area contributed by atoms with Crippen LogP contribution in [0.4, 0.5) is 4.79 Å². The van der Waals surface area contributed by atoms with E-state index in [0.717, 1.165) is 15.4 Å². The SMILES string of the molecule is Cc1ccc2c(CN3C(=O)C(=O)N(C(C)C)C3=O)cc(=O)oc2c1. The maximum atomic E-state index is 12.4. The quantitative estimate of drug-likeness (QED) is 0.487. The molecule has 1 aliphatic rings. The highest BCUT2D eigenvalue weighted by Crippen LogP contribution is 2.23. The summed E-state index contributed by atoms with van der Waals surface area (Å²) >= 11 is 0. The fraction of sp³-hybridized carbons (Fsp3) is 0.294. The Hall–Kier alpha value is -2.96. The van der Waals surface area contributed by atoms with E-state index in [4.69, 9.17) is 4.42 Å². The molecule has 2 heterocycles. The highest BCUT2D eigenvalue weighted by molar-refractivity contribution is 6.44. The predicted octanol–water partition coefficient (Wildman–Crippen LogP) is 1.80. The Morgan fingerprint density at radius 2 is 1.75 bits per heavy atom. The van der Waals surface area contributed by atoms with Crippen molar-refractivity contribution in [1.29, 1.82) is 0 Å². The summed E-state index contributed by atoms with van der Waals surface area (Å²) in [5, 5.41) is 0.622. The molecule has 0 radical (unpaired) electrons. The first-order valence-corrected chi connectivity index (χ1v) is 7.52. The Bertz CT molecular complexity index is 928. The van der Waals surface area contributed by atoms with E-state index in [1.54, 1.807) is 26.0 Å².